The van der Waals surface area contributed by atoms with Gasteiger partial charge >= 0.3 is 0 Å². The summed E-state index contributed by atoms with van der Waals surface area (Å²) in [4.78, 5) is 4.12. The van der Waals surface area contributed by atoms with Crippen LogP contribution in [0, 0.1) is 5.92 Å². The Bertz CT molecular complexity index is 311. The van der Waals surface area contributed by atoms with Gasteiger partial charge in [0.25, 0.3) is 0 Å². The van der Waals surface area contributed by atoms with E-state index >= 15 is 0 Å². The van der Waals surface area contributed by atoms with Gasteiger partial charge in [-0.1, -0.05) is 19.9 Å². The number of pyridine rings is 1. The van der Waals surface area contributed by atoms with Crippen molar-refractivity contribution in [3.05, 3.63) is 30.1 Å². The number of hydrogen-bond donors (Lipinski definition) is 1. The Hall–Kier alpha value is -0.930. The largest absolute Gasteiger partial charge is 0.369 e. The summed E-state index contributed by atoms with van der Waals surface area (Å²) in [6.45, 7) is 8.47. The van der Waals surface area contributed by atoms with Crippen LogP contribution in [-0.4, -0.2) is 17.1 Å². The van der Waals surface area contributed by atoms with Crippen molar-refractivity contribution >= 4 is 0 Å². The fraction of sp³-hybridized carbons (Fsp3) is 0.643. The van der Waals surface area contributed by atoms with Crippen molar-refractivity contribution in [2.24, 2.45) is 11.7 Å². The zero-order valence-electron chi connectivity index (χ0n) is 11.3. The minimum Gasteiger partial charge on any atom is -0.369 e. The number of rotatable bonds is 6. The molecule has 0 aliphatic carbocycles. The van der Waals surface area contributed by atoms with Crippen molar-refractivity contribution < 1.29 is 4.74 Å². The first-order chi connectivity index (χ1) is 8.00. The maximum Gasteiger partial charge on any atom is 0.0991 e. The van der Waals surface area contributed by atoms with Gasteiger partial charge < -0.3 is 10.5 Å². The fourth-order valence-electron chi connectivity index (χ4n) is 2.02. The average molecular weight is 236 g/mol. The second kappa shape index (κ2) is 6.72. The van der Waals surface area contributed by atoms with Crippen molar-refractivity contribution in [3.8, 4) is 0 Å². The lowest BCUT2D eigenvalue weighted by molar-refractivity contribution is -0.0238. The van der Waals surface area contributed by atoms with Crippen LogP contribution >= 0.6 is 0 Å². The summed E-state index contributed by atoms with van der Waals surface area (Å²) in [6.07, 6.45) is 4.78. The van der Waals surface area contributed by atoms with E-state index < -0.39 is 0 Å². The predicted molar refractivity (Wildman–Crippen MR) is 70.6 cm³/mol. The normalized spacial score (nSPS) is 16.8. The Balaban J connectivity index is 2.68. The molecular formula is C14H24N2O. The Kier molecular flexibility index (Phi) is 5.59. The van der Waals surface area contributed by atoms with Crippen molar-refractivity contribution in [1.29, 1.82) is 0 Å². The van der Waals surface area contributed by atoms with Gasteiger partial charge in [-0.2, -0.15) is 0 Å². The Labute approximate surface area is 104 Å². The molecule has 0 bridgehead atoms. The van der Waals surface area contributed by atoms with Crippen LogP contribution in [0.3, 0.4) is 0 Å². The number of ether oxygens (including phenoxy) is 1. The SMILES string of the molecule is CC(C)CC(C)OC(c1cccnc1)C(C)N. The molecule has 96 valence electrons. The average Bonchev–Trinajstić information content (AvgIpc) is 2.25. The van der Waals surface area contributed by atoms with E-state index in [2.05, 4.69) is 25.8 Å². The molecule has 3 unspecified atom stereocenters. The maximum absolute atomic E-state index is 6.04. The third-order valence-electron chi connectivity index (χ3n) is 2.67. The third kappa shape index (κ3) is 4.84. The van der Waals surface area contributed by atoms with Gasteiger partial charge in [-0.3, -0.25) is 4.98 Å². The molecule has 0 aromatic carbocycles. The van der Waals surface area contributed by atoms with Gasteiger partial charge in [0.1, 0.15) is 0 Å². The maximum atomic E-state index is 6.04. The first-order valence-electron chi connectivity index (χ1n) is 6.31. The van der Waals surface area contributed by atoms with E-state index in [0.717, 1.165) is 12.0 Å². The molecule has 1 aromatic rings. The number of hydrogen-bond acceptors (Lipinski definition) is 3. The molecule has 0 amide bonds. The van der Waals surface area contributed by atoms with E-state index in [9.17, 15) is 0 Å². The molecule has 3 heteroatoms. The molecule has 0 aliphatic heterocycles. The van der Waals surface area contributed by atoms with Crippen molar-refractivity contribution in [2.75, 3.05) is 0 Å². The van der Waals surface area contributed by atoms with Crippen LogP contribution in [0.4, 0.5) is 0 Å². The van der Waals surface area contributed by atoms with E-state index in [4.69, 9.17) is 10.5 Å². The lowest BCUT2D eigenvalue weighted by Gasteiger charge is -2.26. The Morgan fingerprint density at radius 1 is 1.29 bits per heavy atom. The zero-order valence-corrected chi connectivity index (χ0v) is 11.3. The summed E-state index contributed by atoms with van der Waals surface area (Å²) in [7, 11) is 0. The van der Waals surface area contributed by atoms with Gasteiger partial charge in [-0.05, 0) is 32.3 Å². The van der Waals surface area contributed by atoms with Crippen molar-refractivity contribution in [1.82, 2.24) is 4.98 Å². The van der Waals surface area contributed by atoms with Crippen LogP contribution in [0.15, 0.2) is 24.5 Å². The van der Waals surface area contributed by atoms with Gasteiger partial charge in [0, 0.05) is 24.0 Å². The molecule has 0 saturated heterocycles. The molecule has 0 saturated carbocycles. The molecule has 2 N–H and O–H groups in total. The lowest BCUT2D eigenvalue weighted by Crippen LogP contribution is -2.30. The second-order valence-corrected chi connectivity index (χ2v) is 5.14. The highest BCUT2D eigenvalue weighted by Gasteiger charge is 2.20. The van der Waals surface area contributed by atoms with E-state index in [1.54, 1.807) is 6.20 Å². The van der Waals surface area contributed by atoms with E-state index in [1.807, 2.05) is 25.3 Å². The van der Waals surface area contributed by atoms with Crippen LogP contribution in [0.25, 0.3) is 0 Å². The summed E-state index contributed by atoms with van der Waals surface area (Å²) in [6, 6.07) is 3.90. The van der Waals surface area contributed by atoms with Crippen LogP contribution < -0.4 is 5.73 Å². The molecule has 0 aliphatic rings. The van der Waals surface area contributed by atoms with Crippen LogP contribution in [0.1, 0.15) is 45.8 Å². The number of nitrogens with zero attached hydrogens (tertiary/aromatic N) is 1. The van der Waals surface area contributed by atoms with Gasteiger partial charge in [0.2, 0.25) is 0 Å². The standard InChI is InChI=1S/C14H24N2O/c1-10(2)8-11(3)17-14(12(4)15)13-6-5-7-16-9-13/h5-7,9-12,14H,8,15H2,1-4H3. The Morgan fingerprint density at radius 2 is 2.00 bits per heavy atom. The first-order valence-corrected chi connectivity index (χ1v) is 6.31. The van der Waals surface area contributed by atoms with Gasteiger partial charge in [0.15, 0.2) is 0 Å². The molecule has 1 heterocycles. The lowest BCUT2D eigenvalue weighted by atomic mass is 10.0. The quantitative estimate of drug-likeness (QED) is 0.826. The number of aromatic nitrogens is 1. The Morgan fingerprint density at radius 3 is 2.47 bits per heavy atom. The smallest absolute Gasteiger partial charge is 0.0991 e. The number of nitrogens with two attached hydrogens (primary N) is 1. The van der Waals surface area contributed by atoms with Crippen LogP contribution in [0.2, 0.25) is 0 Å². The minimum absolute atomic E-state index is 0.0335. The molecule has 3 nitrogen and oxygen atoms in total. The predicted octanol–water partition coefficient (Wildman–Crippen LogP) is 2.92. The highest BCUT2D eigenvalue weighted by Crippen LogP contribution is 2.23. The summed E-state index contributed by atoms with van der Waals surface area (Å²) in [5.41, 5.74) is 7.05. The molecule has 1 aromatic heterocycles. The van der Waals surface area contributed by atoms with Gasteiger partial charge in [-0.25, -0.2) is 0 Å². The van der Waals surface area contributed by atoms with E-state index in [0.29, 0.717) is 5.92 Å². The second-order valence-electron chi connectivity index (χ2n) is 5.14. The molecule has 0 radical (unpaired) electrons. The minimum atomic E-state index is -0.0718. The monoisotopic (exact) mass is 236 g/mol. The summed E-state index contributed by atoms with van der Waals surface area (Å²) in [5, 5.41) is 0. The molecular weight excluding hydrogens is 212 g/mol. The summed E-state index contributed by atoms with van der Waals surface area (Å²) < 4.78 is 6.04. The fourth-order valence-corrected chi connectivity index (χ4v) is 2.02. The molecule has 3 atom stereocenters. The van der Waals surface area contributed by atoms with Gasteiger partial charge in [0.05, 0.1) is 12.2 Å². The first kappa shape index (κ1) is 14.1. The van der Waals surface area contributed by atoms with Crippen molar-refractivity contribution in [3.63, 3.8) is 0 Å². The van der Waals surface area contributed by atoms with E-state index in [1.165, 1.54) is 0 Å². The van der Waals surface area contributed by atoms with Crippen LogP contribution in [0.5, 0.6) is 0 Å². The molecule has 0 spiro atoms. The van der Waals surface area contributed by atoms with Crippen molar-refractivity contribution in [2.45, 2.75) is 52.4 Å². The third-order valence-corrected chi connectivity index (χ3v) is 2.67. The summed E-state index contributed by atoms with van der Waals surface area (Å²) >= 11 is 0. The molecule has 17 heavy (non-hydrogen) atoms. The summed E-state index contributed by atoms with van der Waals surface area (Å²) in [5.74, 6) is 0.632. The zero-order chi connectivity index (χ0) is 12.8. The highest BCUT2D eigenvalue weighted by molar-refractivity contribution is 5.13. The van der Waals surface area contributed by atoms with Crippen LogP contribution in [-0.2, 0) is 4.74 Å². The topological polar surface area (TPSA) is 48.1 Å². The molecule has 0 fully saturated rings. The molecule has 1 rings (SSSR count). The van der Waals surface area contributed by atoms with Gasteiger partial charge in [-0.15, -0.1) is 0 Å². The highest BCUT2D eigenvalue weighted by atomic mass is 16.5. The van der Waals surface area contributed by atoms with E-state index in [-0.39, 0.29) is 18.2 Å².